The van der Waals surface area contributed by atoms with Gasteiger partial charge in [-0.25, -0.2) is 0 Å². The fraction of sp³-hybridized carbons (Fsp3) is 0.208. The Kier molecular flexibility index (Phi) is 5.68. The second kappa shape index (κ2) is 8.58. The number of aliphatic hydroxyl groups excluding tert-OH is 1. The fourth-order valence-corrected chi connectivity index (χ4v) is 3.67. The summed E-state index contributed by atoms with van der Waals surface area (Å²) in [5.74, 6) is 0.0428. The largest absolute Gasteiger partial charge is 0.507 e. The van der Waals surface area contributed by atoms with Crippen LogP contribution in [0.2, 0.25) is 0 Å². The summed E-state index contributed by atoms with van der Waals surface area (Å²) in [5.41, 5.74) is 0.962. The number of hydrogen-bond acceptors (Lipinski definition) is 7. The molecule has 1 aromatic heterocycles. The maximum absolute atomic E-state index is 13.1. The van der Waals surface area contributed by atoms with E-state index in [2.05, 4.69) is 5.16 Å². The van der Waals surface area contributed by atoms with E-state index in [1.54, 1.807) is 68.6 Å². The molecule has 0 spiro atoms. The van der Waals surface area contributed by atoms with Crippen molar-refractivity contribution in [2.75, 3.05) is 18.6 Å². The quantitative estimate of drug-likeness (QED) is 0.355. The Balaban J connectivity index is 1.86. The summed E-state index contributed by atoms with van der Waals surface area (Å²) in [6.45, 7) is 4.07. The zero-order valence-corrected chi connectivity index (χ0v) is 17.9. The molecule has 0 saturated carbocycles. The Morgan fingerprint density at radius 2 is 1.75 bits per heavy atom. The van der Waals surface area contributed by atoms with E-state index < -0.39 is 17.7 Å². The molecule has 4 rings (SSSR count). The molecule has 32 heavy (non-hydrogen) atoms. The number of methoxy groups -OCH3 is 1. The molecule has 0 bridgehead atoms. The number of carbonyl (C=O) groups is 2. The minimum Gasteiger partial charge on any atom is -0.507 e. The fourth-order valence-electron chi connectivity index (χ4n) is 3.67. The van der Waals surface area contributed by atoms with Crippen molar-refractivity contribution in [2.45, 2.75) is 19.9 Å². The van der Waals surface area contributed by atoms with Crippen LogP contribution >= 0.6 is 0 Å². The summed E-state index contributed by atoms with van der Waals surface area (Å²) in [5, 5.41) is 15.0. The van der Waals surface area contributed by atoms with Crippen LogP contribution < -0.4 is 14.4 Å². The lowest BCUT2D eigenvalue weighted by Crippen LogP contribution is -2.29. The van der Waals surface area contributed by atoms with Crippen LogP contribution in [0.4, 0.5) is 5.82 Å². The first-order valence-corrected chi connectivity index (χ1v) is 10.1. The highest BCUT2D eigenvalue weighted by atomic mass is 16.5. The molecule has 1 atom stereocenters. The molecule has 0 aliphatic carbocycles. The van der Waals surface area contributed by atoms with Gasteiger partial charge in [0.25, 0.3) is 5.78 Å². The standard InChI is InChI=1S/C24H22N2O6/c1-4-31-18-11-7-16(8-12-18)22(27)20-21(15-5-9-17(30-3)10-6-15)26(24(29)23(20)28)19-13-14(2)32-25-19/h5-13,21,27H,4H2,1-3H3/t21-/m1/s1. The van der Waals surface area contributed by atoms with Crippen molar-refractivity contribution in [3.8, 4) is 11.5 Å². The molecule has 164 valence electrons. The van der Waals surface area contributed by atoms with Crippen molar-refractivity contribution >= 4 is 23.3 Å². The highest BCUT2D eigenvalue weighted by Crippen LogP contribution is 2.42. The Hall–Kier alpha value is -4.07. The number of Topliss-reactive ketones (excluding diaryl/α,β-unsaturated/α-hetero) is 1. The van der Waals surface area contributed by atoms with Crippen LogP contribution in [0.15, 0.2) is 64.7 Å². The monoisotopic (exact) mass is 434 g/mol. The molecule has 1 N–H and O–H groups in total. The summed E-state index contributed by atoms with van der Waals surface area (Å²) < 4.78 is 15.8. The van der Waals surface area contributed by atoms with E-state index in [-0.39, 0.29) is 17.2 Å². The molecule has 0 unspecified atom stereocenters. The van der Waals surface area contributed by atoms with E-state index in [9.17, 15) is 14.7 Å². The lowest BCUT2D eigenvalue weighted by Gasteiger charge is -2.23. The SMILES string of the molecule is CCOc1ccc(C(O)=C2C(=O)C(=O)N(c3cc(C)on3)[C@@H]2c2ccc(OC)cc2)cc1. The zero-order chi connectivity index (χ0) is 22.8. The number of ether oxygens (including phenoxy) is 2. The van der Waals surface area contributed by atoms with E-state index in [1.807, 2.05) is 6.92 Å². The first-order valence-electron chi connectivity index (χ1n) is 10.1. The van der Waals surface area contributed by atoms with Gasteiger partial charge in [0.05, 0.1) is 25.3 Å². The number of rotatable bonds is 6. The van der Waals surface area contributed by atoms with Gasteiger partial charge in [-0.05, 0) is 55.8 Å². The molecule has 8 heteroatoms. The maximum atomic E-state index is 13.1. The van der Waals surface area contributed by atoms with Gasteiger partial charge in [-0.15, -0.1) is 0 Å². The van der Waals surface area contributed by atoms with Crippen molar-refractivity contribution in [1.82, 2.24) is 5.16 Å². The minimum absolute atomic E-state index is 0.0371. The molecule has 0 radical (unpaired) electrons. The highest BCUT2D eigenvalue weighted by molar-refractivity contribution is 6.51. The van der Waals surface area contributed by atoms with Gasteiger partial charge in [0.1, 0.15) is 23.0 Å². The van der Waals surface area contributed by atoms with E-state index in [0.717, 1.165) is 0 Å². The molecule has 1 aliphatic heterocycles. The summed E-state index contributed by atoms with van der Waals surface area (Å²) in [6.07, 6.45) is 0. The van der Waals surface area contributed by atoms with Crippen LogP contribution in [0.5, 0.6) is 11.5 Å². The minimum atomic E-state index is -0.892. The Bertz CT molecular complexity index is 1180. The van der Waals surface area contributed by atoms with E-state index in [0.29, 0.717) is 35.0 Å². The molecular weight excluding hydrogens is 412 g/mol. The van der Waals surface area contributed by atoms with Gasteiger partial charge in [0.15, 0.2) is 5.82 Å². The third kappa shape index (κ3) is 3.71. The van der Waals surface area contributed by atoms with Gasteiger partial charge in [-0.1, -0.05) is 17.3 Å². The number of benzene rings is 2. The molecule has 1 amide bonds. The number of aryl methyl sites for hydroxylation is 1. The van der Waals surface area contributed by atoms with Gasteiger partial charge in [-0.2, -0.15) is 0 Å². The lowest BCUT2D eigenvalue weighted by molar-refractivity contribution is -0.132. The number of hydrogen-bond donors (Lipinski definition) is 1. The average Bonchev–Trinajstić information content (AvgIpc) is 3.34. The smallest absolute Gasteiger partial charge is 0.301 e. The Morgan fingerprint density at radius 1 is 1.09 bits per heavy atom. The second-order valence-electron chi connectivity index (χ2n) is 7.20. The van der Waals surface area contributed by atoms with Gasteiger partial charge >= 0.3 is 5.91 Å². The summed E-state index contributed by atoms with van der Waals surface area (Å²) >= 11 is 0. The first-order chi connectivity index (χ1) is 15.4. The van der Waals surface area contributed by atoms with Gasteiger partial charge < -0.3 is 19.1 Å². The molecule has 8 nitrogen and oxygen atoms in total. The number of ketones is 1. The van der Waals surface area contributed by atoms with Crippen LogP contribution in [0.1, 0.15) is 29.9 Å². The number of carbonyl (C=O) groups excluding carboxylic acids is 2. The molecule has 1 fully saturated rings. The average molecular weight is 434 g/mol. The predicted octanol–water partition coefficient (Wildman–Crippen LogP) is 4.02. The number of aliphatic hydroxyl groups is 1. The van der Waals surface area contributed by atoms with E-state index >= 15 is 0 Å². The van der Waals surface area contributed by atoms with Crippen LogP contribution in [0.3, 0.4) is 0 Å². The van der Waals surface area contributed by atoms with Crippen molar-refractivity contribution in [1.29, 1.82) is 0 Å². The third-order valence-corrected chi connectivity index (χ3v) is 5.18. The summed E-state index contributed by atoms with van der Waals surface area (Å²) in [4.78, 5) is 27.3. The summed E-state index contributed by atoms with van der Waals surface area (Å²) in [7, 11) is 1.55. The Labute approximate surface area is 184 Å². The highest BCUT2D eigenvalue weighted by Gasteiger charge is 2.48. The first kappa shape index (κ1) is 21.2. The van der Waals surface area contributed by atoms with Crippen LogP contribution in [-0.2, 0) is 9.59 Å². The Morgan fingerprint density at radius 3 is 2.31 bits per heavy atom. The number of aromatic nitrogens is 1. The molecule has 2 aromatic carbocycles. The third-order valence-electron chi connectivity index (χ3n) is 5.18. The van der Waals surface area contributed by atoms with E-state index in [1.165, 1.54) is 4.90 Å². The van der Waals surface area contributed by atoms with E-state index in [4.69, 9.17) is 14.0 Å². The van der Waals surface area contributed by atoms with Gasteiger partial charge in [-0.3, -0.25) is 14.5 Å². The second-order valence-corrected chi connectivity index (χ2v) is 7.20. The lowest BCUT2D eigenvalue weighted by atomic mass is 9.95. The van der Waals surface area contributed by atoms with Crippen molar-refractivity contribution in [2.24, 2.45) is 0 Å². The summed E-state index contributed by atoms with van der Waals surface area (Å²) in [6, 6.07) is 14.3. The normalized spacial score (nSPS) is 17.6. The molecule has 1 saturated heterocycles. The number of amides is 1. The molecular formula is C24H22N2O6. The van der Waals surface area contributed by atoms with Crippen molar-refractivity contribution in [3.05, 3.63) is 77.1 Å². The predicted molar refractivity (Wildman–Crippen MR) is 117 cm³/mol. The number of anilines is 1. The van der Waals surface area contributed by atoms with Crippen LogP contribution in [-0.4, -0.2) is 35.7 Å². The molecule has 3 aromatic rings. The van der Waals surface area contributed by atoms with Crippen molar-refractivity contribution < 1.29 is 28.7 Å². The van der Waals surface area contributed by atoms with Crippen LogP contribution in [0.25, 0.3) is 5.76 Å². The molecule has 1 aliphatic rings. The van der Waals surface area contributed by atoms with Gasteiger partial charge in [0.2, 0.25) is 0 Å². The zero-order valence-electron chi connectivity index (χ0n) is 17.9. The number of nitrogens with zero attached hydrogens (tertiary/aromatic N) is 2. The topological polar surface area (TPSA) is 102 Å². The maximum Gasteiger partial charge on any atom is 0.301 e. The molecule has 2 heterocycles. The van der Waals surface area contributed by atoms with Gasteiger partial charge in [0, 0.05) is 11.6 Å². The van der Waals surface area contributed by atoms with Crippen LogP contribution in [0, 0.1) is 6.92 Å². The van der Waals surface area contributed by atoms with Crippen molar-refractivity contribution in [3.63, 3.8) is 0 Å².